The SMILES string of the molecule is CS(=O)(=O)OCCn1ccc2c([N+](=O)[O-])cccc21. The zero-order chi connectivity index (χ0) is 14.0. The third-order valence-electron chi connectivity index (χ3n) is 2.62. The third kappa shape index (κ3) is 3.09. The quantitative estimate of drug-likeness (QED) is 0.471. The number of rotatable bonds is 5. The zero-order valence-corrected chi connectivity index (χ0v) is 11.0. The van der Waals surface area contributed by atoms with E-state index in [1.54, 1.807) is 29.0 Å². The summed E-state index contributed by atoms with van der Waals surface area (Å²) in [7, 11) is -3.47. The van der Waals surface area contributed by atoms with E-state index in [4.69, 9.17) is 0 Å². The van der Waals surface area contributed by atoms with Gasteiger partial charge in [0, 0.05) is 18.8 Å². The van der Waals surface area contributed by atoms with Crippen LogP contribution in [0, 0.1) is 10.1 Å². The van der Waals surface area contributed by atoms with Gasteiger partial charge in [0.2, 0.25) is 0 Å². The predicted octanol–water partition coefficient (Wildman–Crippen LogP) is 1.53. The van der Waals surface area contributed by atoms with Crippen LogP contribution in [0.4, 0.5) is 5.69 Å². The Morgan fingerprint density at radius 3 is 2.74 bits per heavy atom. The Bertz CT molecular complexity index is 720. The molecular weight excluding hydrogens is 272 g/mol. The van der Waals surface area contributed by atoms with Crippen LogP contribution in [0.15, 0.2) is 30.5 Å². The fourth-order valence-electron chi connectivity index (χ4n) is 1.85. The molecule has 8 heteroatoms. The van der Waals surface area contributed by atoms with Gasteiger partial charge in [0.15, 0.2) is 0 Å². The molecule has 0 aliphatic heterocycles. The maximum atomic E-state index is 10.9. The summed E-state index contributed by atoms with van der Waals surface area (Å²) in [6.07, 6.45) is 2.65. The van der Waals surface area contributed by atoms with Crippen LogP contribution in [0.2, 0.25) is 0 Å². The van der Waals surface area contributed by atoms with Crippen molar-refractivity contribution >= 4 is 26.7 Å². The molecule has 0 fully saturated rings. The predicted molar refractivity (Wildman–Crippen MR) is 69.4 cm³/mol. The minimum atomic E-state index is -3.47. The summed E-state index contributed by atoms with van der Waals surface area (Å²) in [5, 5.41) is 11.4. The topological polar surface area (TPSA) is 91.4 Å². The number of nitro benzene ring substituents is 1. The minimum Gasteiger partial charge on any atom is -0.345 e. The van der Waals surface area contributed by atoms with Gasteiger partial charge in [0.05, 0.1) is 28.7 Å². The normalized spacial score (nSPS) is 11.8. The van der Waals surface area contributed by atoms with Crippen molar-refractivity contribution in [1.82, 2.24) is 4.57 Å². The Kier molecular flexibility index (Phi) is 3.54. The molecule has 1 aromatic heterocycles. The molecule has 0 unspecified atom stereocenters. The standard InChI is InChI=1S/C11H12N2O5S/c1-19(16,17)18-8-7-12-6-5-9-10(12)3-2-4-11(9)13(14)15/h2-6H,7-8H2,1H3. The first-order chi connectivity index (χ1) is 8.88. The average Bonchev–Trinajstić information content (AvgIpc) is 2.70. The molecule has 7 nitrogen and oxygen atoms in total. The summed E-state index contributed by atoms with van der Waals surface area (Å²) in [4.78, 5) is 10.4. The van der Waals surface area contributed by atoms with E-state index in [1.165, 1.54) is 6.07 Å². The van der Waals surface area contributed by atoms with Gasteiger partial charge in [-0.25, -0.2) is 0 Å². The van der Waals surface area contributed by atoms with Crippen LogP contribution < -0.4 is 0 Å². The van der Waals surface area contributed by atoms with Crippen LogP contribution >= 0.6 is 0 Å². The number of fused-ring (bicyclic) bond motifs is 1. The van der Waals surface area contributed by atoms with Crippen molar-refractivity contribution in [1.29, 1.82) is 0 Å². The summed E-state index contributed by atoms with van der Waals surface area (Å²) in [6.45, 7) is 0.295. The molecule has 0 saturated carbocycles. The van der Waals surface area contributed by atoms with E-state index in [2.05, 4.69) is 4.18 Å². The summed E-state index contributed by atoms with van der Waals surface area (Å²) >= 11 is 0. The van der Waals surface area contributed by atoms with Crippen molar-refractivity contribution in [3.63, 3.8) is 0 Å². The molecule has 1 heterocycles. The summed E-state index contributed by atoms with van der Waals surface area (Å²) in [5.74, 6) is 0. The number of hydrogen-bond acceptors (Lipinski definition) is 5. The second kappa shape index (κ2) is 4.98. The van der Waals surface area contributed by atoms with E-state index in [0.29, 0.717) is 17.4 Å². The molecule has 2 rings (SSSR count). The fraction of sp³-hybridized carbons (Fsp3) is 0.273. The Balaban J connectivity index is 2.26. The lowest BCUT2D eigenvalue weighted by atomic mass is 10.2. The van der Waals surface area contributed by atoms with Crippen molar-refractivity contribution in [3.05, 3.63) is 40.6 Å². The molecule has 0 aliphatic rings. The number of aromatic nitrogens is 1. The first kappa shape index (κ1) is 13.5. The molecule has 0 atom stereocenters. The molecule has 2 aromatic rings. The largest absolute Gasteiger partial charge is 0.345 e. The van der Waals surface area contributed by atoms with Crippen molar-refractivity contribution in [2.75, 3.05) is 12.9 Å². The molecule has 1 aromatic carbocycles. The number of nitro groups is 1. The monoisotopic (exact) mass is 284 g/mol. The Morgan fingerprint density at radius 2 is 2.11 bits per heavy atom. The first-order valence-electron chi connectivity index (χ1n) is 5.45. The molecular formula is C11H12N2O5S. The van der Waals surface area contributed by atoms with Gasteiger partial charge in [0.25, 0.3) is 15.8 Å². The summed E-state index contributed by atoms with van der Waals surface area (Å²) < 4.78 is 28.1. The van der Waals surface area contributed by atoms with Gasteiger partial charge in [0.1, 0.15) is 0 Å². The highest BCUT2D eigenvalue weighted by Gasteiger charge is 2.13. The van der Waals surface area contributed by atoms with E-state index >= 15 is 0 Å². The highest BCUT2D eigenvalue weighted by Crippen LogP contribution is 2.26. The molecule has 19 heavy (non-hydrogen) atoms. The second-order valence-electron chi connectivity index (χ2n) is 4.00. The van der Waals surface area contributed by atoms with Crippen LogP contribution in [-0.4, -0.2) is 30.8 Å². The van der Waals surface area contributed by atoms with Gasteiger partial charge in [-0.05, 0) is 12.1 Å². The molecule has 102 valence electrons. The smallest absolute Gasteiger partial charge is 0.278 e. The number of nitrogens with zero attached hydrogens (tertiary/aromatic N) is 2. The van der Waals surface area contributed by atoms with Crippen molar-refractivity contribution in [2.24, 2.45) is 0 Å². The molecule has 0 saturated heterocycles. The fourth-order valence-corrected chi connectivity index (χ4v) is 2.23. The van der Waals surface area contributed by atoms with Gasteiger partial charge in [-0.2, -0.15) is 8.42 Å². The van der Waals surface area contributed by atoms with Crippen molar-refractivity contribution in [3.8, 4) is 0 Å². The zero-order valence-electron chi connectivity index (χ0n) is 10.1. The van der Waals surface area contributed by atoms with Crippen molar-refractivity contribution in [2.45, 2.75) is 6.54 Å². The lowest BCUT2D eigenvalue weighted by Crippen LogP contribution is -2.09. The van der Waals surface area contributed by atoms with Crippen molar-refractivity contribution < 1.29 is 17.5 Å². The van der Waals surface area contributed by atoms with Gasteiger partial charge in [-0.3, -0.25) is 14.3 Å². The highest BCUT2D eigenvalue weighted by atomic mass is 32.2. The second-order valence-corrected chi connectivity index (χ2v) is 5.65. The van der Waals surface area contributed by atoms with Crippen LogP contribution in [0.3, 0.4) is 0 Å². The molecule has 0 bridgehead atoms. The number of non-ortho nitro benzene ring substituents is 1. The summed E-state index contributed by atoms with van der Waals surface area (Å²) in [6, 6.07) is 6.39. The summed E-state index contributed by atoms with van der Waals surface area (Å²) in [5.41, 5.74) is 0.701. The Morgan fingerprint density at radius 1 is 1.37 bits per heavy atom. The van der Waals surface area contributed by atoms with Crippen LogP contribution in [0.25, 0.3) is 10.9 Å². The van der Waals surface area contributed by atoms with E-state index in [9.17, 15) is 18.5 Å². The molecule has 0 aliphatic carbocycles. The lowest BCUT2D eigenvalue weighted by molar-refractivity contribution is -0.383. The minimum absolute atomic E-state index is 0.00863. The van der Waals surface area contributed by atoms with E-state index in [0.717, 1.165) is 6.26 Å². The van der Waals surface area contributed by atoms with Crippen LogP contribution in [0.5, 0.6) is 0 Å². The van der Waals surface area contributed by atoms with E-state index in [-0.39, 0.29) is 12.3 Å². The highest BCUT2D eigenvalue weighted by molar-refractivity contribution is 7.85. The Labute approximate surface area is 109 Å². The Hall–Kier alpha value is -1.93. The van der Waals surface area contributed by atoms with Gasteiger partial charge < -0.3 is 4.57 Å². The average molecular weight is 284 g/mol. The van der Waals surface area contributed by atoms with E-state index < -0.39 is 15.0 Å². The van der Waals surface area contributed by atoms with E-state index in [1.807, 2.05) is 0 Å². The third-order valence-corrected chi connectivity index (χ3v) is 3.21. The molecule has 0 spiro atoms. The van der Waals surface area contributed by atoms with Crippen LogP contribution in [0.1, 0.15) is 0 Å². The van der Waals surface area contributed by atoms with Gasteiger partial charge >= 0.3 is 0 Å². The number of benzene rings is 1. The van der Waals surface area contributed by atoms with Gasteiger partial charge in [-0.1, -0.05) is 6.07 Å². The van der Waals surface area contributed by atoms with Crippen LogP contribution in [-0.2, 0) is 20.8 Å². The number of hydrogen-bond donors (Lipinski definition) is 0. The molecule has 0 N–H and O–H groups in total. The lowest BCUT2D eigenvalue weighted by Gasteiger charge is -2.05. The maximum Gasteiger partial charge on any atom is 0.278 e. The molecule has 0 amide bonds. The van der Waals surface area contributed by atoms with Gasteiger partial charge in [-0.15, -0.1) is 0 Å². The molecule has 0 radical (unpaired) electrons. The first-order valence-corrected chi connectivity index (χ1v) is 7.27. The maximum absolute atomic E-state index is 10.9.